The average molecular weight is 610 g/mol. The van der Waals surface area contributed by atoms with Crippen molar-refractivity contribution in [3.05, 3.63) is 60.4 Å². The van der Waals surface area contributed by atoms with E-state index in [0.29, 0.717) is 32.0 Å². The summed E-state index contributed by atoms with van der Waals surface area (Å²) in [6, 6.07) is 13.8. The van der Waals surface area contributed by atoms with E-state index in [2.05, 4.69) is 29.8 Å². The minimum absolute atomic E-state index is 0.129. The van der Waals surface area contributed by atoms with Gasteiger partial charge in [0.15, 0.2) is 5.82 Å². The number of amides is 1. The van der Waals surface area contributed by atoms with E-state index < -0.39 is 16.1 Å². The zero-order valence-corrected chi connectivity index (χ0v) is 24.4. The zero-order valence-electron chi connectivity index (χ0n) is 22.8. The molecule has 2 fully saturated rings. The Hall–Kier alpha value is -3.85. The number of benzene rings is 2. The van der Waals surface area contributed by atoms with Crippen molar-refractivity contribution in [2.45, 2.75) is 30.3 Å². The number of carboxylic acid groups (broad SMARTS) is 1. The third kappa shape index (κ3) is 6.46. The third-order valence-corrected chi connectivity index (χ3v) is 9.71. The predicted molar refractivity (Wildman–Crippen MR) is 160 cm³/mol. The van der Waals surface area contributed by atoms with Crippen LogP contribution in [-0.4, -0.2) is 84.9 Å². The summed E-state index contributed by atoms with van der Waals surface area (Å²) in [5.74, 6) is 0.800. The van der Waals surface area contributed by atoms with Gasteiger partial charge in [-0.05, 0) is 61.3 Å². The number of sulfonamides is 1. The molecule has 2 aliphatic rings. The second-order valence-corrected chi connectivity index (χ2v) is 13.0. The first-order chi connectivity index (χ1) is 20.3. The SMILES string of the molecule is O=C(O)NC1CCCN(Cc2cccc(S(=O)(=O)Nc3ccc(-c4nc5c(N6CCOCC6)ncnc5s4)cc3)c2)C1. The molecule has 1 atom stereocenters. The first kappa shape index (κ1) is 28.3. The molecule has 12 nitrogen and oxygen atoms in total. The van der Waals surface area contributed by atoms with Crippen LogP contribution in [0.1, 0.15) is 18.4 Å². The van der Waals surface area contributed by atoms with Crippen molar-refractivity contribution in [1.29, 1.82) is 0 Å². The topological polar surface area (TPSA) is 150 Å². The summed E-state index contributed by atoms with van der Waals surface area (Å²) in [4.78, 5) is 30.0. The van der Waals surface area contributed by atoms with E-state index in [4.69, 9.17) is 14.8 Å². The lowest BCUT2D eigenvalue weighted by molar-refractivity contribution is 0.122. The van der Waals surface area contributed by atoms with E-state index in [1.54, 1.807) is 36.7 Å². The molecule has 2 aliphatic heterocycles. The lowest BCUT2D eigenvalue weighted by Crippen LogP contribution is -2.46. The van der Waals surface area contributed by atoms with E-state index in [-0.39, 0.29) is 10.9 Å². The highest BCUT2D eigenvalue weighted by atomic mass is 32.2. The molecule has 6 rings (SSSR count). The van der Waals surface area contributed by atoms with Crippen LogP contribution >= 0.6 is 11.3 Å². The summed E-state index contributed by atoms with van der Waals surface area (Å²) < 4.78 is 34.6. The Kier molecular flexibility index (Phi) is 8.20. The summed E-state index contributed by atoms with van der Waals surface area (Å²) in [6.45, 7) is 4.75. The number of likely N-dealkylation sites (tertiary alicyclic amines) is 1. The van der Waals surface area contributed by atoms with Gasteiger partial charge in [0.05, 0.1) is 18.1 Å². The normalized spacial score (nSPS) is 18.2. The number of aromatic nitrogens is 3. The molecule has 2 saturated heterocycles. The molecule has 42 heavy (non-hydrogen) atoms. The smallest absolute Gasteiger partial charge is 0.404 e. The van der Waals surface area contributed by atoms with Gasteiger partial charge >= 0.3 is 6.09 Å². The Morgan fingerprint density at radius 2 is 1.90 bits per heavy atom. The fourth-order valence-corrected chi connectivity index (χ4v) is 7.36. The third-order valence-electron chi connectivity index (χ3n) is 7.32. The number of anilines is 2. The molecule has 0 bridgehead atoms. The molecule has 14 heteroatoms. The Balaban J connectivity index is 1.14. The molecule has 2 aromatic heterocycles. The van der Waals surface area contributed by atoms with E-state index in [9.17, 15) is 13.2 Å². The quantitative estimate of drug-likeness (QED) is 0.270. The van der Waals surface area contributed by atoms with Gasteiger partial charge in [0, 0.05) is 43.5 Å². The molecule has 0 aliphatic carbocycles. The van der Waals surface area contributed by atoms with Crippen molar-refractivity contribution in [1.82, 2.24) is 25.2 Å². The number of rotatable bonds is 8. The second kappa shape index (κ2) is 12.2. The number of fused-ring (bicyclic) bond motifs is 1. The highest BCUT2D eigenvalue weighted by molar-refractivity contribution is 7.92. The van der Waals surface area contributed by atoms with Crippen molar-refractivity contribution in [3.8, 4) is 10.6 Å². The van der Waals surface area contributed by atoms with Crippen molar-refractivity contribution >= 4 is 49.3 Å². The molecule has 0 saturated carbocycles. The van der Waals surface area contributed by atoms with Crippen LogP contribution in [0.2, 0.25) is 0 Å². The van der Waals surface area contributed by atoms with Crippen LogP contribution < -0.4 is 14.9 Å². The van der Waals surface area contributed by atoms with Gasteiger partial charge in [-0.1, -0.05) is 23.5 Å². The highest BCUT2D eigenvalue weighted by Crippen LogP contribution is 2.33. The maximum absolute atomic E-state index is 13.2. The number of nitrogens with zero attached hydrogens (tertiary/aromatic N) is 5. The summed E-state index contributed by atoms with van der Waals surface area (Å²) in [6.07, 6.45) is 2.20. The molecule has 2 aromatic carbocycles. The number of nitrogens with one attached hydrogen (secondary N) is 2. The molecule has 1 unspecified atom stereocenters. The molecular weight excluding hydrogens is 578 g/mol. The molecule has 4 heterocycles. The van der Waals surface area contributed by atoms with Gasteiger partial charge in [-0.2, -0.15) is 0 Å². The first-order valence-electron chi connectivity index (χ1n) is 13.7. The summed E-state index contributed by atoms with van der Waals surface area (Å²) in [5.41, 5.74) is 2.90. The number of thiazole rings is 1. The Morgan fingerprint density at radius 1 is 1.10 bits per heavy atom. The molecule has 3 N–H and O–H groups in total. The van der Waals surface area contributed by atoms with E-state index >= 15 is 0 Å². The van der Waals surface area contributed by atoms with Gasteiger partial charge < -0.3 is 20.1 Å². The van der Waals surface area contributed by atoms with Crippen LogP contribution in [-0.2, 0) is 21.3 Å². The van der Waals surface area contributed by atoms with Crippen molar-refractivity contribution in [2.24, 2.45) is 0 Å². The molecule has 4 aromatic rings. The van der Waals surface area contributed by atoms with Crippen LogP contribution in [0.4, 0.5) is 16.3 Å². The minimum Gasteiger partial charge on any atom is -0.465 e. The van der Waals surface area contributed by atoms with Gasteiger partial charge in [0.1, 0.15) is 21.7 Å². The highest BCUT2D eigenvalue weighted by Gasteiger charge is 2.23. The number of ether oxygens (including phenoxy) is 1. The number of hydrogen-bond acceptors (Lipinski definition) is 10. The summed E-state index contributed by atoms with van der Waals surface area (Å²) in [7, 11) is -3.82. The van der Waals surface area contributed by atoms with Crippen molar-refractivity contribution in [3.63, 3.8) is 0 Å². The van der Waals surface area contributed by atoms with Crippen LogP contribution in [0.3, 0.4) is 0 Å². The van der Waals surface area contributed by atoms with Crippen LogP contribution in [0.5, 0.6) is 0 Å². The van der Waals surface area contributed by atoms with Crippen LogP contribution in [0.25, 0.3) is 20.9 Å². The maximum Gasteiger partial charge on any atom is 0.404 e. The first-order valence-corrected chi connectivity index (χ1v) is 16.0. The predicted octanol–water partition coefficient (Wildman–Crippen LogP) is 3.62. The standard InChI is InChI=1S/C28H31N7O5S2/c36-28(37)31-22-4-2-10-34(17-22)16-19-3-1-5-23(15-19)42(38,39)33-21-8-6-20(7-9-21)26-32-24-25(29-18-30-27(24)41-26)35-11-13-40-14-12-35/h1,3,5-9,15,18,22,31,33H,2,4,10-14,16-17H2,(H,36,37). The number of carbonyl (C=O) groups is 1. The average Bonchev–Trinajstić information content (AvgIpc) is 3.43. The second-order valence-electron chi connectivity index (χ2n) is 10.3. The molecule has 0 spiro atoms. The molecule has 220 valence electrons. The number of piperidine rings is 1. The van der Waals surface area contributed by atoms with Gasteiger partial charge in [0.2, 0.25) is 0 Å². The zero-order chi connectivity index (χ0) is 29.1. The Morgan fingerprint density at radius 3 is 2.69 bits per heavy atom. The maximum atomic E-state index is 13.2. The molecular formula is C28H31N7O5S2. The minimum atomic E-state index is -3.82. The molecule has 0 radical (unpaired) electrons. The lowest BCUT2D eigenvalue weighted by Gasteiger charge is -2.32. The Bertz CT molecular complexity index is 1670. The summed E-state index contributed by atoms with van der Waals surface area (Å²) >= 11 is 1.47. The van der Waals surface area contributed by atoms with Gasteiger partial charge in [-0.15, -0.1) is 0 Å². The number of morpholine rings is 1. The van der Waals surface area contributed by atoms with E-state index in [1.165, 1.54) is 11.3 Å². The van der Waals surface area contributed by atoms with E-state index in [1.807, 2.05) is 18.2 Å². The largest absolute Gasteiger partial charge is 0.465 e. The van der Waals surface area contributed by atoms with Crippen molar-refractivity contribution in [2.75, 3.05) is 49.0 Å². The van der Waals surface area contributed by atoms with E-state index in [0.717, 1.165) is 64.8 Å². The van der Waals surface area contributed by atoms with Gasteiger partial charge in [-0.25, -0.2) is 28.2 Å². The summed E-state index contributed by atoms with van der Waals surface area (Å²) in [5, 5.41) is 12.4. The van der Waals surface area contributed by atoms with Crippen LogP contribution in [0, 0.1) is 0 Å². The Labute approximate surface area is 247 Å². The lowest BCUT2D eigenvalue weighted by atomic mass is 10.0. The van der Waals surface area contributed by atoms with Crippen LogP contribution in [0.15, 0.2) is 59.8 Å². The fourth-order valence-electron chi connectivity index (χ4n) is 5.33. The number of hydrogen-bond donors (Lipinski definition) is 3. The van der Waals surface area contributed by atoms with Gasteiger partial charge in [0.25, 0.3) is 10.0 Å². The molecule has 1 amide bonds. The monoisotopic (exact) mass is 609 g/mol. The van der Waals surface area contributed by atoms with Crippen molar-refractivity contribution < 1.29 is 23.1 Å². The van der Waals surface area contributed by atoms with Gasteiger partial charge in [-0.3, -0.25) is 9.62 Å². The fraction of sp³-hybridized carbons (Fsp3) is 0.357.